The summed E-state index contributed by atoms with van der Waals surface area (Å²) >= 11 is 0. The molecule has 3 rings (SSSR count). The Hall–Kier alpha value is -2.49. The lowest BCUT2D eigenvalue weighted by atomic mass is 10.1. The fourth-order valence-corrected chi connectivity index (χ4v) is 2.74. The number of primary amides is 1. The van der Waals surface area contributed by atoms with E-state index in [0.717, 1.165) is 0 Å². The molecule has 2 aromatic rings. The van der Waals surface area contributed by atoms with Crippen molar-refractivity contribution in [3.63, 3.8) is 0 Å². The smallest absolute Gasteiger partial charge is 0.251 e. The highest BCUT2D eigenvalue weighted by Crippen LogP contribution is 2.34. The topological polar surface area (TPSA) is 161 Å². The Balaban J connectivity index is 2.23. The van der Waals surface area contributed by atoms with Crippen LogP contribution in [0.3, 0.4) is 0 Å². The van der Waals surface area contributed by atoms with E-state index in [4.69, 9.17) is 11.5 Å². The van der Waals surface area contributed by atoms with Crippen LogP contribution in [0.25, 0.3) is 11.0 Å². The lowest BCUT2D eigenvalue weighted by Crippen LogP contribution is -2.30. The highest BCUT2D eigenvalue weighted by atomic mass is 16.3. The number of aliphatic hydroxyl groups is 3. The van der Waals surface area contributed by atoms with Crippen LogP contribution >= 0.6 is 0 Å². The molecule has 9 heteroatoms. The summed E-state index contributed by atoms with van der Waals surface area (Å²) in [5.41, 5.74) is 11.9. The standard InChI is InChI=1S/C13H15N5O4/c14-11-8-6(12(15)22)2-18(13(8)17-4-16-11)7-1-5(3-19)9(20)10(7)21/h1-2,4,7,9-10,19-21H,3H2,(H2,15,22)(H2,14,16,17)/t7?,9-,10+/m0/s1. The predicted molar refractivity (Wildman–Crippen MR) is 76.7 cm³/mol. The highest BCUT2D eigenvalue weighted by molar-refractivity contribution is 6.08. The number of hydrogen-bond donors (Lipinski definition) is 5. The van der Waals surface area contributed by atoms with Gasteiger partial charge in [-0.25, -0.2) is 9.97 Å². The number of nitrogen functional groups attached to an aromatic ring is 1. The van der Waals surface area contributed by atoms with Crippen LogP contribution in [0.2, 0.25) is 0 Å². The fraction of sp³-hybridized carbons (Fsp3) is 0.308. The van der Waals surface area contributed by atoms with E-state index in [2.05, 4.69) is 9.97 Å². The Morgan fingerprint density at radius 2 is 2.09 bits per heavy atom. The summed E-state index contributed by atoms with van der Waals surface area (Å²) in [6.07, 6.45) is 1.79. The van der Waals surface area contributed by atoms with Crippen molar-refractivity contribution in [1.29, 1.82) is 0 Å². The monoisotopic (exact) mass is 305 g/mol. The largest absolute Gasteiger partial charge is 0.392 e. The molecule has 0 spiro atoms. The molecule has 1 aliphatic rings. The van der Waals surface area contributed by atoms with Gasteiger partial charge in [0.05, 0.1) is 23.6 Å². The Morgan fingerprint density at radius 3 is 2.68 bits per heavy atom. The minimum absolute atomic E-state index is 0.0944. The SMILES string of the molecule is NC(=O)c1cn(C2C=C(CO)[C@H](O)[C@@H]2O)c2ncnc(N)c12. The van der Waals surface area contributed by atoms with Crippen molar-refractivity contribution < 1.29 is 20.1 Å². The molecule has 2 aromatic heterocycles. The molecule has 0 saturated heterocycles. The molecule has 0 fully saturated rings. The second kappa shape index (κ2) is 5.05. The molecule has 3 atom stereocenters. The van der Waals surface area contributed by atoms with Crippen molar-refractivity contribution in [2.24, 2.45) is 5.73 Å². The summed E-state index contributed by atoms with van der Waals surface area (Å²) in [7, 11) is 0. The number of carbonyl (C=O) groups excluding carboxylic acids is 1. The Labute approximate surface area is 124 Å². The molecule has 0 aliphatic heterocycles. The van der Waals surface area contributed by atoms with E-state index in [0.29, 0.717) is 16.6 Å². The first-order valence-electron chi connectivity index (χ1n) is 6.54. The molecule has 116 valence electrons. The molecule has 0 aromatic carbocycles. The molecule has 22 heavy (non-hydrogen) atoms. The van der Waals surface area contributed by atoms with Crippen molar-refractivity contribution in [3.05, 3.63) is 29.7 Å². The number of anilines is 1. The lowest BCUT2D eigenvalue weighted by molar-refractivity contribution is 0.0288. The van der Waals surface area contributed by atoms with Crippen molar-refractivity contribution in [2.45, 2.75) is 18.2 Å². The van der Waals surface area contributed by atoms with Crippen LogP contribution in [-0.4, -0.2) is 54.6 Å². The number of hydrogen-bond acceptors (Lipinski definition) is 7. The average molecular weight is 305 g/mol. The first kappa shape index (κ1) is 14.4. The van der Waals surface area contributed by atoms with Gasteiger partial charge in [0, 0.05) is 6.20 Å². The molecule has 1 amide bonds. The molecule has 0 radical (unpaired) electrons. The number of amides is 1. The van der Waals surface area contributed by atoms with Gasteiger partial charge < -0.3 is 31.4 Å². The van der Waals surface area contributed by atoms with Crippen molar-refractivity contribution in [1.82, 2.24) is 14.5 Å². The van der Waals surface area contributed by atoms with Gasteiger partial charge in [-0.3, -0.25) is 4.79 Å². The van der Waals surface area contributed by atoms with E-state index in [9.17, 15) is 20.1 Å². The Kier molecular flexibility index (Phi) is 3.32. The third-order valence-electron chi connectivity index (χ3n) is 3.85. The second-order valence-electron chi connectivity index (χ2n) is 5.10. The molecule has 1 aliphatic carbocycles. The van der Waals surface area contributed by atoms with Crippen LogP contribution in [0.1, 0.15) is 16.4 Å². The van der Waals surface area contributed by atoms with Crippen LogP contribution < -0.4 is 11.5 Å². The molecule has 7 N–H and O–H groups in total. The lowest BCUT2D eigenvalue weighted by Gasteiger charge is -2.19. The van der Waals surface area contributed by atoms with Crippen LogP contribution in [-0.2, 0) is 0 Å². The first-order chi connectivity index (χ1) is 10.5. The number of rotatable bonds is 3. The van der Waals surface area contributed by atoms with Crippen LogP contribution in [0.4, 0.5) is 5.82 Å². The summed E-state index contributed by atoms with van der Waals surface area (Å²) in [5.74, 6) is -0.610. The van der Waals surface area contributed by atoms with Crippen LogP contribution in [0, 0.1) is 0 Å². The highest BCUT2D eigenvalue weighted by Gasteiger charge is 2.36. The number of nitrogens with two attached hydrogens (primary N) is 2. The van der Waals surface area contributed by atoms with E-state index in [1.54, 1.807) is 0 Å². The summed E-state index contributed by atoms with van der Waals surface area (Å²) in [5, 5.41) is 29.6. The maximum atomic E-state index is 11.6. The van der Waals surface area contributed by atoms with Gasteiger partial charge in [0.25, 0.3) is 5.91 Å². The third-order valence-corrected chi connectivity index (χ3v) is 3.85. The first-order valence-corrected chi connectivity index (χ1v) is 6.54. The van der Waals surface area contributed by atoms with Crippen LogP contribution in [0.5, 0.6) is 0 Å². The molecular formula is C13H15N5O4. The number of nitrogens with zero attached hydrogens (tertiary/aromatic N) is 3. The molecule has 1 unspecified atom stereocenters. The minimum atomic E-state index is -1.19. The summed E-state index contributed by atoms with van der Waals surface area (Å²) in [6, 6.07) is -0.706. The van der Waals surface area contributed by atoms with E-state index in [1.807, 2.05) is 0 Å². The second-order valence-corrected chi connectivity index (χ2v) is 5.10. The van der Waals surface area contributed by atoms with Crippen LogP contribution in [0.15, 0.2) is 24.2 Å². The quantitative estimate of drug-likeness (QED) is 0.423. The van der Waals surface area contributed by atoms with Gasteiger partial charge in [-0.1, -0.05) is 6.08 Å². The van der Waals surface area contributed by atoms with E-state index < -0.39 is 24.2 Å². The fourth-order valence-electron chi connectivity index (χ4n) is 2.74. The molecule has 2 heterocycles. The van der Waals surface area contributed by atoms with Gasteiger partial charge in [0.15, 0.2) is 0 Å². The maximum absolute atomic E-state index is 11.6. The number of aliphatic hydroxyl groups excluding tert-OH is 3. The van der Waals surface area contributed by atoms with E-state index >= 15 is 0 Å². The number of fused-ring (bicyclic) bond motifs is 1. The van der Waals surface area contributed by atoms with Gasteiger partial charge >= 0.3 is 0 Å². The summed E-state index contributed by atoms with van der Waals surface area (Å²) in [4.78, 5) is 19.5. The van der Waals surface area contributed by atoms with E-state index in [1.165, 1.54) is 23.2 Å². The summed E-state index contributed by atoms with van der Waals surface area (Å²) < 4.78 is 1.49. The zero-order valence-corrected chi connectivity index (χ0v) is 11.4. The molecule has 0 saturated carbocycles. The maximum Gasteiger partial charge on any atom is 0.251 e. The van der Waals surface area contributed by atoms with Gasteiger partial charge in [-0.15, -0.1) is 0 Å². The van der Waals surface area contributed by atoms with E-state index in [-0.39, 0.29) is 18.0 Å². The van der Waals surface area contributed by atoms with Gasteiger partial charge in [0.2, 0.25) is 0 Å². The van der Waals surface area contributed by atoms with Gasteiger partial charge in [0.1, 0.15) is 30.0 Å². The zero-order chi connectivity index (χ0) is 16.0. The van der Waals surface area contributed by atoms with Crippen molar-refractivity contribution in [2.75, 3.05) is 12.3 Å². The normalized spacial score (nSPS) is 24.7. The Bertz CT molecular complexity index is 784. The zero-order valence-electron chi connectivity index (χ0n) is 11.4. The summed E-state index contributed by atoms with van der Waals surface area (Å²) in [6.45, 7) is -0.381. The average Bonchev–Trinajstić information content (AvgIpc) is 3.00. The third kappa shape index (κ3) is 1.95. The minimum Gasteiger partial charge on any atom is -0.392 e. The molecule has 9 nitrogen and oxygen atoms in total. The number of aromatic nitrogens is 3. The van der Waals surface area contributed by atoms with Gasteiger partial charge in [-0.05, 0) is 5.57 Å². The number of carbonyl (C=O) groups is 1. The van der Waals surface area contributed by atoms with Gasteiger partial charge in [-0.2, -0.15) is 0 Å². The predicted octanol–water partition coefficient (Wildman–Crippen LogP) is -1.69. The van der Waals surface area contributed by atoms with Crippen molar-refractivity contribution in [3.8, 4) is 0 Å². The Morgan fingerprint density at radius 1 is 1.36 bits per heavy atom. The molecular weight excluding hydrogens is 290 g/mol. The van der Waals surface area contributed by atoms with Crippen molar-refractivity contribution >= 4 is 22.8 Å². The molecule has 0 bridgehead atoms.